The molecule has 0 amide bonds. The Balaban J connectivity index is 1.28. The molecule has 3 heteroatoms. The first-order valence-electron chi connectivity index (χ1n) is 8.93. The Hall–Kier alpha value is -0.120. The SMILES string of the molecule is C[C@@H]1C[C@H](NCCOC2CCCCCC2)CN1C1CC1. The second-order valence-corrected chi connectivity index (χ2v) is 7.15. The molecule has 2 aliphatic carbocycles. The minimum absolute atomic E-state index is 0.546. The van der Waals surface area contributed by atoms with Crippen molar-refractivity contribution in [1.29, 1.82) is 0 Å². The molecule has 1 saturated heterocycles. The molecule has 0 aromatic carbocycles. The lowest BCUT2D eigenvalue weighted by Crippen LogP contribution is -2.36. The van der Waals surface area contributed by atoms with Crippen LogP contribution in [0.15, 0.2) is 0 Å². The van der Waals surface area contributed by atoms with Gasteiger partial charge in [-0.15, -0.1) is 0 Å². The van der Waals surface area contributed by atoms with Gasteiger partial charge in [0.1, 0.15) is 0 Å². The summed E-state index contributed by atoms with van der Waals surface area (Å²) in [7, 11) is 0. The third-order valence-electron chi connectivity index (χ3n) is 5.33. The van der Waals surface area contributed by atoms with Gasteiger partial charge >= 0.3 is 0 Å². The molecule has 0 aromatic rings. The van der Waals surface area contributed by atoms with Crippen LogP contribution in [0.25, 0.3) is 0 Å². The monoisotopic (exact) mass is 280 g/mol. The van der Waals surface area contributed by atoms with Crippen molar-refractivity contribution in [3.8, 4) is 0 Å². The lowest BCUT2D eigenvalue weighted by atomic mass is 10.1. The zero-order valence-electron chi connectivity index (χ0n) is 13.2. The van der Waals surface area contributed by atoms with Crippen LogP contribution in [-0.4, -0.2) is 48.8 Å². The van der Waals surface area contributed by atoms with Crippen LogP contribution in [0, 0.1) is 0 Å². The summed E-state index contributed by atoms with van der Waals surface area (Å²) >= 11 is 0. The summed E-state index contributed by atoms with van der Waals surface area (Å²) in [5, 5.41) is 3.71. The molecule has 1 heterocycles. The van der Waals surface area contributed by atoms with Crippen LogP contribution in [0.1, 0.15) is 64.7 Å². The summed E-state index contributed by atoms with van der Waals surface area (Å²) in [5.74, 6) is 0. The number of hydrogen-bond donors (Lipinski definition) is 1. The topological polar surface area (TPSA) is 24.5 Å². The van der Waals surface area contributed by atoms with Gasteiger partial charge in [0.05, 0.1) is 12.7 Å². The quantitative estimate of drug-likeness (QED) is 0.598. The molecule has 3 nitrogen and oxygen atoms in total. The van der Waals surface area contributed by atoms with Crippen LogP contribution in [0.2, 0.25) is 0 Å². The molecule has 0 bridgehead atoms. The summed E-state index contributed by atoms with van der Waals surface area (Å²) in [6.07, 6.45) is 12.9. The van der Waals surface area contributed by atoms with Crippen molar-refractivity contribution in [2.75, 3.05) is 19.7 Å². The molecular weight excluding hydrogens is 248 g/mol. The summed E-state index contributed by atoms with van der Waals surface area (Å²) in [6.45, 7) is 5.59. The molecule has 0 spiro atoms. The van der Waals surface area contributed by atoms with Gasteiger partial charge in [-0.25, -0.2) is 0 Å². The smallest absolute Gasteiger partial charge is 0.0594 e. The molecule has 3 fully saturated rings. The van der Waals surface area contributed by atoms with Crippen LogP contribution in [0.4, 0.5) is 0 Å². The van der Waals surface area contributed by atoms with E-state index in [1.54, 1.807) is 0 Å². The van der Waals surface area contributed by atoms with Crippen molar-refractivity contribution >= 4 is 0 Å². The molecule has 3 rings (SSSR count). The van der Waals surface area contributed by atoms with Crippen molar-refractivity contribution in [3.63, 3.8) is 0 Å². The van der Waals surface area contributed by atoms with E-state index in [2.05, 4.69) is 17.1 Å². The third-order valence-corrected chi connectivity index (χ3v) is 5.33. The van der Waals surface area contributed by atoms with E-state index in [0.717, 1.165) is 25.2 Å². The number of likely N-dealkylation sites (tertiary alicyclic amines) is 1. The first-order valence-corrected chi connectivity index (χ1v) is 8.93. The summed E-state index contributed by atoms with van der Waals surface area (Å²) in [5.41, 5.74) is 0. The Morgan fingerprint density at radius 1 is 1.05 bits per heavy atom. The molecule has 0 unspecified atom stereocenters. The van der Waals surface area contributed by atoms with Gasteiger partial charge in [-0.05, 0) is 39.0 Å². The first-order chi connectivity index (χ1) is 9.83. The molecule has 1 N–H and O–H groups in total. The fourth-order valence-electron chi connectivity index (χ4n) is 4.02. The number of nitrogens with one attached hydrogen (secondary N) is 1. The van der Waals surface area contributed by atoms with E-state index in [1.165, 1.54) is 64.3 Å². The van der Waals surface area contributed by atoms with Crippen molar-refractivity contribution < 1.29 is 4.74 Å². The van der Waals surface area contributed by atoms with E-state index in [9.17, 15) is 0 Å². The second kappa shape index (κ2) is 7.24. The van der Waals surface area contributed by atoms with Gasteiger partial charge in [-0.1, -0.05) is 25.7 Å². The molecule has 0 radical (unpaired) electrons. The highest BCUT2D eigenvalue weighted by Gasteiger charge is 2.38. The van der Waals surface area contributed by atoms with E-state index < -0.39 is 0 Å². The van der Waals surface area contributed by atoms with E-state index in [1.807, 2.05) is 0 Å². The molecule has 20 heavy (non-hydrogen) atoms. The van der Waals surface area contributed by atoms with E-state index >= 15 is 0 Å². The lowest BCUT2D eigenvalue weighted by Gasteiger charge is -2.20. The zero-order chi connectivity index (χ0) is 13.8. The van der Waals surface area contributed by atoms with Gasteiger partial charge in [0.25, 0.3) is 0 Å². The van der Waals surface area contributed by atoms with Crippen LogP contribution in [0.5, 0.6) is 0 Å². The van der Waals surface area contributed by atoms with Crippen molar-refractivity contribution in [3.05, 3.63) is 0 Å². The molecular formula is C17H32N2O. The zero-order valence-corrected chi connectivity index (χ0v) is 13.2. The molecule has 116 valence electrons. The van der Waals surface area contributed by atoms with Gasteiger partial charge in [-0.3, -0.25) is 4.90 Å². The fraction of sp³-hybridized carbons (Fsp3) is 1.00. The van der Waals surface area contributed by atoms with Crippen LogP contribution >= 0.6 is 0 Å². The van der Waals surface area contributed by atoms with E-state index in [0.29, 0.717) is 12.1 Å². The minimum Gasteiger partial charge on any atom is -0.377 e. The van der Waals surface area contributed by atoms with Crippen LogP contribution in [-0.2, 0) is 4.74 Å². The summed E-state index contributed by atoms with van der Waals surface area (Å²) in [6, 6.07) is 2.39. The Kier molecular flexibility index (Phi) is 5.36. The molecule has 1 aliphatic heterocycles. The van der Waals surface area contributed by atoms with Crippen molar-refractivity contribution in [2.45, 2.75) is 88.9 Å². The number of rotatable bonds is 6. The average Bonchev–Trinajstić information content (AvgIpc) is 3.24. The highest BCUT2D eigenvalue weighted by molar-refractivity contribution is 4.95. The van der Waals surface area contributed by atoms with Gasteiger partial charge in [0.2, 0.25) is 0 Å². The average molecular weight is 280 g/mol. The second-order valence-electron chi connectivity index (χ2n) is 7.15. The van der Waals surface area contributed by atoms with E-state index in [4.69, 9.17) is 4.74 Å². The van der Waals surface area contributed by atoms with E-state index in [-0.39, 0.29) is 0 Å². The molecule has 3 aliphatic rings. The van der Waals surface area contributed by atoms with Gasteiger partial charge < -0.3 is 10.1 Å². The number of hydrogen-bond acceptors (Lipinski definition) is 3. The summed E-state index contributed by atoms with van der Waals surface area (Å²) in [4.78, 5) is 2.71. The summed E-state index contributed by atoms with van der Waals surface area (Å²) < 4.78 is 6.06. The standard InChI is InChI=1S/C17H32N2O/c1-14-12-15(13-19(14)16-8-9-16)18-10-11-20-17-6-4-2-3-5-7-17/h14-18H,2-13H2,1H3/t14-,15+/m1/s1. The first kappa shape index (κ1) is 14.8. The highest BCUT2D eigenvalue weighted by Crippen LogP contribution is 2.33. The van der Waals surface area contributed by atoms with Crippen LogP contribution in [0.3, 0.4) is 0 Å². The Morgan fingerprint density at radius 3 is 2.50 bits per heavy atom. The normalized spacial score (nSPS) is 33.5. The lowest BCUT2D eigenvalue weighted by molar-refractivity contribution is 0.0441. The Morgan fingerprint density at radius 2 is 1.80 bits per heavy atom. The maximum atomic E-state index is 6.06. The number of ether oxygens (including phenoxy) is 1. The van der Waals surface area contributed by atoms with Crippen molar-refractivity contribution in [2.24, 2.45) is 0 Å². The predicted molar refractivity (Wildman–Crippen MR) is 83.0 cm³/mol. The van der Waals surface area contributed by atoms with Crippen LogP contribution < -0.4 is 5.32 Å². The predicted octanol–water partition coefficient (Wildman–Crippen LogP) is 2.94. The number of nitrogens with zero attached hydrogens (tertiary/aromatic N) is 1. The molecule has 2 atom stereocenters. The fourth-order valence-corrected chi connectivity index (χ4v) is 4.02. The maximum Gasteiger partial charge on any atom is 0.0594 e. The van der Waals surface area contributed by atoms with Crippen molar-refractivity contribution in [1.82, 2.24) is 10.2 Å². The van der Waals surface area contributed by atoms with Gasteiger partial charge in [0, 0.05) is 31.2 Å². The minimum atomic E-state index is 0.546. The maximum absolute atomic E-state index is 6.06. The third kappa shape index (κ3) is 4.19. The largest absolute Gasteiger partial charge is 0.377 e. The Labute approximate surface area is 124 Å². The van der Waals surface area contributed by atoms with Gasteiger partial charge in [0.15, 0.2) is 0 Å². The Bertz CT molecular complexity index is 285. The molecule has 0 aromatic heterocycles. The van der Waals surface area contributed by atoms with Gasteiger partial charge in [-0.2, -0.15) is 0 Å². The molecule has 2 saturated carbocycles. The highest BCUT2D eigenvalue weighted by atomic mass is 16.5.